The summed E-state index contributed by atoms with van der Waals surface area (Å²) in [5.74, 6) is -0.781. The van der Waals surface area contributed by atoms with E-state index in [0.29, 0.717) is 12.1 Å². The maximum absolute atomic E-state index is 13.8. The number of hydrogen-bond donors (Lipinski definition) is 0. The molecule has 0 bridgehead atoms. The zero-order chi connectivity index (χ0) is 13.1. The lowest BCUT2D eigenvalue weighted by molar-refractivity contribution is 0.0779. The SMILES string of the molecule is Cc1cccc(C(=O)N(C)Cc2cscn2)c1F. The Hall–Kier alpha value is -1.75. The Balaban J connectivity index is 2.18. The number of nitrogens with zero attached hydrogens (tertiary/aromatic N) is 2. The number of thiazole rings is 1. The molecule has 1 aromatic heterocycles. The molecule has 0 N–H and O–H groups in total. The average Bonchev–Trinajstić information content (AvgIpc) is 2.84. The molecule has 94 valence electrons. The van der Waals surface area contributed by atoms with E-state index in [1.54, 1.807) is 31.6 Å². The van der Waals surface area contributed by atoms with E-state index in [0.717, 1.165) is 5.69 Å². The largest absolute Gasteiger partial charge is 0.336 e. The van der Waals surface area contributed by atoms with Crippen molar-refractivity contribution in [3.8, 4) is 0 Å². The molecule has 0 atom stereocenters. The fourth-order valence-corrected chi connectivity index (χ4v) is 2.20. The van der Waals surface area contributed by atoms with Gasteiger partial charge in [0.05, 0.1) is 23.3 Å². The Morgan fingerprint density at radius 1 is 1.50 bits per heavy atom. The van der Waals surface area contributed by atoms with Gasteiger partial charge in [-0.2, -0.15) is 0 Å². The molecule has 0 radical (unpaired) electrons. The highest BCUT2D eigenvalue weighted by Gasteiger charge is 2.17. The van der Waals surface area contributed by atoms with E-state index in [-0.39, 0.29) is 11.5 Å². The summed E-state index contributed by atoms with van der Waals surface area (Å²) in [5.41, 5.74) is 3.10. The van der Waals surface area contributed by atoms with Crippen LogP contribution in [0, 0.1) is 12.7 Å². The van der Waals surface area contributed by atoms with Gasteiger partial charge >= 0.3 is 0 Å². The number of aryl methyl sites for hydroxylation is 1. The normalized spacial score (nSPS) is 10.4. The Morgan fingerprint density at radius 3 is 2.94 bits per heavy atom. The second kappa shape index (κ2) is 5.27. The van der Waals surface area contributed by atoms with Gasteiger partial charge in [0, 0.05) is 12.4 Å². The third-order valence-electron chi connectivity index (χ3n) is 2.65. The van der Waals surface area contributed by atoms with Gasteiger partial charge in [-0.15, -0.1) is 11.3 Å². The molecule has 18 heavy (non-hydrogen) atoms. The highest BCUT2D eigenvalue weighted by atomic mass is 32.1. The first-order valence-corrected chi connectivity index (χ1v) is 6.41. The number of halogens is 1. The summed E-state index contributed by atoms with van der Waals surface area (Å²) in [7, 11) is 1.64. The first-order valence-electron chi connectivity index (χ1n) is 5.47. The van der Waals surface area contributed by atoms with E-state index < -0.39 is 5.82 Å². The van der Waals surface area contributed by atoms with Crippen molar-refractivity contribution in [2.24, 2.45) is 0 Å². The molecule has 5 heteroatoms. The third-order valence-corrected chi connectivity index (χ3v) is 3.29. The highest BCUT2D eigenvalue weighted by molar-refractivity contribution is 7.07. The molecular formula is C13H13FN2OS. The van der Waals surface area contributed by atoms with E-state index in [1.807, 2.05) is 5.38 Å². The molecule has 0 aliphatic rings. The molecule has 0 aliphatic carbocycles. The molecule has 1 amide bonds. The van der Waals surface area contributed by atoms with Gasteiger partial charge in [0.1, 0.15) is 5.82 Å². The quantitative estimate of drug-likeness (QED) is 0.854. The minimum atomic E-state index is -0.451. The third kappa shape index (κ3) is 2.56. The number of amides is 1. The molecule has 0 spiro atoms. The predicted molar refractivity (Wildman–Crippen MR) is 69.0 cm³/mol. The molecule has 0 saturated heterocycles. The van der Waals surface area contributed by atoms with Gasteiger partial charge < -0.3 is 4.90 Å². The van der Waals surface area contributed by atoms with Crippen LogP contribution in [0.3, 0.4) is 0 Å². The molecule has 0 aliphatic heterocycles. The number of carbonyl (C=O) groups is 1. The smallest absolute Gasteiger partial charge is 0.256 e. The highest BCUT2D eigenvalue weighted by Crippen LogP contribution is 2.15. The first-order chi connectivity index (χ1) is 8.59. The van der Waals surface area contributed by atoms with Crippen LogP contribution in [0.5, 0.6) is 0 Å². The average molecular weight is 264 g/mol. The molecule has 0 unspecified atom stereocenters. The molecule has 2 aromatic rings. The molecule has 2 rings (SSSR count). The zero-order valence-corrected chi connectivity index (χ0v) is 11.0. The fraction of sp³-hybridized carbons (Fsp3) is 0.231. The van der Waals surface area contributed by atoms with Crippen molar-refractivity contribution in [3.05, 3.63) is 51.7 Å². The maximum atomic E-state index is 13.8. The number of aromatic nitrogens is 1. The van der Waals surface area contributed by atoms with Gasteiger partial charge in [-0.25, -0.2) is 9.37 Å². The Morgan fingerprint density at radius 2 is 2.28 bits per heavy atom. The lowest BCUT2D eigenvalue weighted by Gasteiger charge is -2.16. The van der Waals surface area contributed by atoms with Crippen LogP contribution < -0.4 is 0 Å². The van der Waals surface area contributed by atoms with E-state index in [9.17, 15) is 9.18 Å². The van der Waals surface area contributed by atoms with Crippen molar-refractivity contribution in [2.45, 2.75) is 13.5 Å². The molecule has 0 fully saturated rings. The van der Waals surface area contributed by atoms with E-state index in [2.05, 4.69) is 4.98 Å². The maximum Gasteiger partial charge on any atom is 0.256 e. The van der Waals surface area contributed by atoms with Crippen LogP contribution in [0.2, 0.25) is 0 Å². The van der Waals surface area contributed by atoms with Gasteiger partial charge in [-0.3, -0.25) is 4.79 Å². The minimum Gasteiger partial charge on any atom is -0.336 e. The van der Waals surface area contributed by atoms with Crippen molar-refractivity contribution < 1.29 is 9.18 Å². The Bertz CT molecular complexity index is 554. The van der Waals surface area contributed by atoms with Crippen molar-refractivity contribution in [3.63, 3.8) is 0 Å². The molecule has 1 aromatic carbocycles. The van der Waals surface area contributed by atoms with E-state index in [4.69, 9.17) is 0 Å². The summed E-state index contributed by atoms with van der Waals surface area (Å²) in [6, 6.07) is 4.83. The second-order valence-electron chi connectivity index (χ2n) is 4.08. The standard InChI is InChI=1S/C13H13FN2OS/c1-9-4-3-5-11(12(9)14)13(17)16(2)6-10-7-18-8-15-10/h3-5,7-8H,6H2,1-2H3. The molecule has 3 nitrogen and oxygen atoms in total. The van der Waals surface area contributed by atoms with Crippen LogP contribution in [-0.4, -0.2) is 22.8 Å². The monoisotopic (exact) mass is 264 g/mol. The van der Waals surface area contributed by atoms with Crippen LogP contribution in [0.25, 0.3) is 0 Å². The van der Waals surface area contributed by atoms with Crippen LogP contribution >= 0.6 is 11.3 Å². The number of hydrogen-bond acceptors (Lipinski definition) is 3. The molecule has 0 saturated carbocycles. The van der Waals surface area contributed by atoms with Gasteiger partial charge in [-0.05, 0) is 18.6 Å². The summed E-state index contributed by atoms with van der Waals surface area (Å²) < 4.78 is 13.8. The van der Waals surface area contributed by atoms with Gasteiger partial charge in [0.15, 0.2) is 0 Å². The zero-order valence-electron chi connectivity index (χ0n) is 10.2. The van der Waals surface area contributed by atoms with Crippen molar-refractivity contribution in [1.29, 1.82) is 0 Å². The van der Waals surface area contributed by atoms with Gasteiger partial charge in [-0.1, -0.05) is 12.1 Å². The van der Waals surface area contributed by atoms with Gasteiger partial charge in [0.25, 0.3) is 5.91 Å². The fourth-order valence-electron chi connectivity index (χ4n) is 1.65. The summed E-state index contributed by atoms with van der Waals surface area (Å²) >= 11 is 1.47. The number of benzene rings is 1. The van der Waals surface area contributed by atoms with Crippen LogP contribution in [-0.2, 0) is 6.54 Å². The topological polar surface area (TPSA) is 33.2 Å². The van der Waals surface area contributed by atoms with Crippen LogP contribution in [0.15, 0.2) is 29.1 Å². The van der Waals surface area contributed by atoms with Crippen molar-refractivity contribution >= 4 is 17.2 Å². The summed E-state index contributed by atoms with van der Waals surface area (Å²) in [4.78, 5) is 17.7. The lowest BCUT2D eigenvalue weighted by atomic mass is 10.1. The van der Waals surface area contributed by atoms with Crippen LogP contribution in [0.4, 0.5) is 4.39 Å². The van der Waals surface area contributed by atoms with Crippen molar-refractivity contribution in [2.75, 3.05) is 7.05 Å². The lowest BCUT2D eigenvalue weighted by Crippen LogP contribution is -2.27. The summed E-state index contributed by atoms with van der Waals surface area (Å²) in [6.07, 6.45) is 0. The minimum absolute atomic E-state index is 0.104. The molecular weight excluding hydrogens is 251 g/mol. The predicted octanol–water partition coefficient (Wildman–Crippen LogP) is 2.86. The summed E-state index contributed by atoms with van der Waals surface area (Å²) in [5, 5.41) is 1.87. The number of carbonyl (C=O) groups excluding carboxylic acids is 1. The Labute approximate surface area is 109 Å². The number of rotatable bonds is 3. The van der Waals surface area contributed by atoms with Crippen molar-refractivity contribution in [1.82, 2.24) is 9.88 Å². The van der Waals surface area contributed by atoms with Gasteiger partial charge in [0.2, 0.25) is 0 Å². The Kier molecular flexibility index (Phi) is 3.72. The van der Waals surface area contributed by atoms with E-state index in [1.165, 1.54) is 22.3 Å². The molecule has 1 heterocycles. The van der Waals surface area contributed by atoms with Crippen LogP contribution in [0.1, 0.15) is 21.6 Å². The van der Waals surface area contributed by atoms with E-state index >= 15 is 0 Å². The summed E-state index contributed by atoms with van der Waals surface area (Å²) in [6.45, 7) is 2.03. The second-order valence-corrected chi connectivity index (χ2v) is 4.80. The first kappa shape index (κ1) is 12.7.